The van der Waals surface area contributed by atoms with Crippen molar-refractivity contribution in [3.63, 3.8) is 0 Å². The van der Waals surface area contributed by atoms with Gasteiger partial charge in [0.25, 0.3) is 0 Å². The van der Waals surface area contributed by atoms with Crippen LogP contribution in [-0.2, 0) is 14.3 Å². The maximum Gasteiger partial charge on any atom is 0.305 e. The van der Waals surface area contributed by atoms with E-state index in [1.54, 1.807) is 6.08 Å². The summed E-state index contributed by atoms with van der Waals surface area (Å²) in [5.41, 5.74) is 0. The smallest absolute Gasteiger partial charge is 0.305 e. The van der Waals surface area contributed by atoms with E-state index >= 15 is 0 Å². The molecule has 0 aliphatic heterocycles. The van der Waals surface area contributed by atoms with Crippen LogP contribution in [0.25, 0.3) is 0 Å². The first-order chi connectivity index (χ1) is 33.5. The van der Waals surface area contributed by atoms with Crippen LogP contribution in [0.3, 0.4) is 0 Å². The number of rotatable bonds is 57. The molecule has 0 bridgehead atoms. The third-order valence-electron chi connectivity index (χ3n) is 14.2. The molecule has 68 heavy (non-hydrogen) atoms. The standard InChI is InChI=1S/C62H119NO5/c1-3-5-7-9-11-13-15-17-19-28-32-36-40-44-48-52-56-62(67)68-57-53-49-45-41-37-33-29-26-24-22-20-21-23-25-27-31-35-39-43-47-51-55-61(66)63-59(58-64)60(65)54-50-46-42-38-34-30-18-16-14-12-10-8-6-4-2/h19,28,50,54,59-60,64-65H,3-18,20-27,29-49,51-53,55-58H2,1-2H3,(H,63,66)/b28-19-,54-50+. The lowest BCUT2D eigenvalue weighted by atomic mass is 10.0. The Morgan fingerprint density at radius 2 is 0.691 bits per heavy atom. The number of hydrogen-bond acceptors (Lipinski definition) is 5. The highest BCUT2D eigenvalue weighted by Crippen LogP contribution is 2.17. The first-order valence-corrected chi connectivity index (χ1v) is 30.6. The second-order valence-corrected chi connectivity index (χ2v) is 21.0. The normalized spacial score (nSPS) is 12.7. The molecule has 6 heteroatoms. The number of unbranched alkanes of at least 4 members (excludes halogenated alkanes) is 44. The van der Waals surface area contributed by atoms with Crippen LogP contribution in [0.2, 0.25) is 0 Å². The van der Waals surface area contributed by atoms with Crippen LogP contribution in [0, 0.1) is 0 Å². The van der Waals surface area contributed by atoms with Crippen molar-refractivity contribution < 1.29 is 24.5 Å². The minimum absolute atomic E-state index is 0.00427. The number of esters is 1. The number of ether oxygens (including phenoxy) is 1. The quantitative estimate of drug-likeness (QED) is 0.0321. The summed E-state index contributed by atoms with van der Waals surface area (Å²) in [5.74, 6) is -0.0636. The van der Waals surface area contributed by atoms with E-state index in [2.05, 4.69) is 31.3 Å². The fourth-order valence-corrected chi connectivity index (χ4v) is 9.51. The molecule has 0 radical (unpaired) electrons. The van der Waals surface area contributed by atoms with E-state index in [1.807, 2.05) is 6.08 Å². The van der Waals surface area contributed by atoms with E-state index in [9.17, 15) is 19.8 Å². The van der Waals surface area contributed by atoms with Gasteiger partial charge in [0.15, 0.2) is 0 Å². The highest BCUT2D eigenvalue weighted by Gasteiger charge is 2.18. The van der Waals surface area contributed by atoms with Crippen LogP contribution in [0.4, 0.5) is 0 Å². The molecule has 0 heterocycles. The van der Waals surface area contributed by atoms with E-state index in [0.29, 0.717) is 19.4 Å². The van der Waals surface area contributed by atoms with Crippen LogP contribution in [-0.4, -0.2) is 47.4 Å². The molecule has 3 N–H and O–H groups in total. The van der Waals surface area contributed by atoms with Crippen LogP contribution in [0.15, 0.2) is 24.3 Å². The van der Waals surface area contributed by atoms with Gasteiger partial charge < -0.3 is 20.3 Å². The molecule has 0 aliphatic carbocycles. The molecule has 402 valence electrons. The van der Waals surface area contributed by atoms with E-state index in [0.717, 1.165) is 44.9 Å². The minimum Gasteiger partial charge on any atom is -0.466 e. The maximum absolute atomic E-state index is 12.5. The summed E-state index contributed by atoms with van der Waals surface area (Å²) >= 11 is 0. The molecule has 0 spiro atoms. The predicted molar refractivity (Wildman–Crippen MR) is 296 cm³/mol. The highest BCUT2D eigenvalue weighted by molar-refractivity contribution is 5.76. The molecule has 0 fully saturated rings. The molecule has 2 unspecified atom stereocenters. The zero-order valence-corrected chi connectivity index (χ0v) is 45.9. The van der Waals surface area contributed by atoms with Crippen molar-refractivity contribution in [3.8, 4) is 0 Å². The molecule has 0 aromatic carbocycles. The first kappa shape index (κ1) is 66.3. The Labute approximate surface area is 424 Å². The summed E-state index contributed by atoms with van der Waals surface area (Å²) in [4.78, 5) is 24.5. The van der Waals surface area contributed by atoms with Crippen molar-refractivity contribution in [2.75, 3.05) is 13.2 Å². The highest BCUT2D eigenvalue weighted by atomic mass is 16.5. The van der Waals surface area contributed by atoms with E-state index < -0.39 is 12.1 Å². The number of carbonyl (C=O) groups excluding carboxylic acids is 2. The van der Waals surface area contributed by atoms with Gasteiger partial charge in [-0.2, -0.15) is 0 Å². The second-order valence-electron chi connectivity index (χ2n) is 21.0. The summed E-state index contributed by atoms with van der Waals surface area (Å²) in [6.45, 7) is 4.91. The number of amides is 1. The zero-order valence-electron chi connectivity index (χ0n) is 45.9. The average molecular weight is 959 g/mol. The number of carbonyl (C=O) groups is 2. The third kappa shape index (κ3) is 53.7. The molecule has 6 nitrogen and oxygen atoms in total. The molecule has 2 atom stereocenters. The Morgan fingerprint density at radius 1 is 0.397 bits per heavy atom. The molecular formula is C62H119NO5. The lowest BCUT2D eigenvalue weighted by molar-refractivity contribution is -0.143. The van der Waals surface area contributed by atoms with Gasteiger partial charge in [-0.1, -0.05) is 289 Å². The minimum atomic E-state index is -0.844. The SMILES string of the molecule is CCCCCCCCC/C=C\CCCCCCCC(=O)OCCCCCCCCCCCCCCCCCCCCCCCC(=O)NC(CO)C(O)/C=C/CCCCCCCCCCCCCC. The number of allylic oxidation sites excluding steroid dienone is 3. The van der Waals surface area contributed by atoms with Crippen LogP contribution >= 0.6 is 0 Å². The third-order valence-corrected chi connectivity index (χ3v) is 14.2. The number of nitrogens with one attached hydrogen (secondary N) is 1. The van der Waals surface area contributed by atoms with Crippen LogP contribution in [0.1, 0.15) is 335 Å². The second kappa shape index (κ2) is 57.9. The van der Waals surface area contributed by atoms with Gasteiger partial charge in [0.2, 0.25) is 5.91 Å². The Balaban J connectivity index is 3.39. The summed E-state index contributed by atoms with van der Waals surface area (Å²) in [6, 6.07) is -0.628. The number of aliphatic hydroxyl groups excluding tert-OH is 2. The summed E-state index contributed by atoms with van der Waals surface area (Å²) < 4.78 is 5.49. The van der Waals surface area contributed by atoms with Crippen LogP contribution in [0.5, 0.6) is 0 Å². The Kier molecular flexibility index (Phi) is 56.5. The summed E-state index contributed by atoms with van der Waals surface area (Å²) in [6.07, 6.45) is 70.7. The molecule has 1 amide bonds. The van der Waals surface area contributed by atoms with E-state index in [4.69, 9.17) is 4.74 Å². The average Bonchev–Trinajstić information content (AvgIpc) is 3.34. The first-order valence-electron chi connectivity index (χ1n) is 30.6. The maximum atomic E-state index is 12.5. The molecule has 0 saturated carbocycles. The van der Waals surface area contributed by atoms with Crippen molar-refractivity contribution in [2.45, 2.75) is 347 Å². The molecule has 0 aromatic rings. The largest absolute Gasteiger partial charge is 0.466 e. The van der Waals surface area contributed by atoms with Gasteiger partial charge in [-0.05, 0) is 57.8 Å². The lowest BCUT2D eigenvalue weighted by Crippen LogP contribution is -2.45. The van der Waals surface area contributed by atoms with E-state index in [-0.39, 0.29) is 18.5 Å². The topological polar surface area (TPSA) is 95.9 Å². The molecule has 0 aromatic heterocycles. The Morgan fingerprint density at radius 3 is 1.04 bits per heavy atom. The van der Waals surface area contributed by atoms with Crippen LogP contribution < -0.4 is 5.32 Å². The summed E-state index contributed by atoms with van der Waals surface area (Å²) in [5, 5.41) is 23.1. The van der Waals surface area contributed by atoms with Crippen molar-refractivity contribution in [1.82, 2.24) is 5.32 Å². The summed E-state index contributed by atoms with van der Waals surface area (Å²) in [7, 11) is 0. The predicted octanol–water partition coefficient (Wildman–Crippen LogP) is 19.0. The molecule has 0 aliphatic rings. The molecule has 0 rings (SSSR count). The fraction of sp³-hybridized carbons (Fsp3) is 0.903. The Bertz CT molecular complexity index is 1060. The van der Waals surface area contributed by atoms with Crippen molar-refractivity contribution >= 4 is 11.9 Å². The molecular weight excluding hydrogens is 839 g/mol. The van der Waals surface area contributed by atoms with E-state index in [1.165, 1.54) is 263 Å². The van der Waals surface area contributed by atoms with Gasteiger partial charge in [0, 0.05) is 12.8 Å². The number of aliphatic hydroxyl groups is 2. The number of hydrogen-bond donors (Lipinski definition) is 3. The van der Waals surface area contributed by atoms with Crippen molar-refractivity contribution in [3.05, 3.63) is 24.3 Å². The lowest BCUT2D eigenvalue weighted by Gasteiger charge is -2.20. The zero-order chi connectivity index (χ0) is 49.3. The van der Waals surface area contributed by atoms with Crippen molar-refractivity contribution in [2.24, 2.45) is 0 Å². The molecule has 0 saturated heterocycles. The van der Waals surface area contributed by atoms with Gasteiger partial charge >= 0.3 is 5.97 Å². The van der Waals surface area contributed by atoms with Crippen molar-refractivity contribution in [1.29, 1.82) is 0 Å². The van der Waals surface area contributed by atoms with Gasteiger partial charge in [-0.25, -0.2) is 0 Å². The Hall–Kier alpha value is -1.66. The fourth-order valence-electron chi connectivity index (χ4n) is 9.51. The van der Waals surface area contributed by atoms with Gasteiger partial charge in [0.05, 0.1) is 25.4 Å². The monoisotopic (exact) mass is 958 g/mol. The van der Waals surface area contributed by atoms with Gasteiger partial charge in [0.1, 0.15) is 0 Å². The van der Waals surface area contributed by atoms with Gasteiger partial charge in [-0.15, -0.1) is 0 Å². The van der Waals surface area contributed by atoms with Gasteiger partial charge in [-0.3, -0.25) is 9.59 Å².